The summed E-state index contributed by atoms with van der Waals surface area (Å²) in [5, 5.41) is -0.966. The molecule has 0 saturated carbocycles. The van der Waals surface area contributed by atoms with E-state index in [4.69, 9.17) is 11.6 Å². The number of ether oxygens (including phenoxy) is 1. The SMILES string of the molecule is CC(=O)C(Cl)c1ccc(C)c(OC(F)(F)F)c1. The molecule has 0 aromatic heterocycles. The van der Waals surface area contributed by atoms with E-state index >= 15 is 0 Å². The maximum Gasteiger partial charge on any atom is 0.573 e. The third-order valence-corrected chi connectivity index (χ3v) is 2.65. The van der Waals surface area contributed by atoms with Gasteiger partial charge < -0.3 is 4.74 Å². The molecule has 6 heteroatoms. The molecule has 0 radical (unpaired) electrons. The number of aryl methyl sites for hydroxylation is 1. The Kier molecular flexibility index (Phi) is 4.03. The first-order valence-corrected chi connectivity index (χ1v) is 5.15. The molecule has 1 unspecified atom stereocenters. The standard InChI is InChI=1S/C11H10ClF3O2/c1-6-3-4-8(10(12)7(2)16)5-9(6)17-11(13,14)15/h3-5,10H,1-2H3. The molecule has 1 aromatic rings. The van der Waals surface area contributed by atoms with E-state index in [-0.39, 0.29) is 17.1 Å². The van der Waals surface area contributed by atoms with Crippen LogP contribution in [0.5, 0.6) is 5.75 Å². The normalized spacial score (nSPS) is 13.3. The zero-order valence-electron chi connectivity index (χ0n) is 9.14. The van der Waals surface area contributed by atoms with Crippen molar-refractivity contribution in [2.45, 2.75) is 25.6 Å². The number of carbonyl (C=O) groups excluding carboxylic acids is 1. The Morgan fingerprint density at radius 2 is 2.00 bits per heavy atom. The summed E-state index contributed by atoms with van der Waals surface area (Å²) in [6.07, 6.45) is -4.76. The Morgan fingerprint density at radius 3 is 2.47 bits per heavy atom. The minimum atomic E-state index is -4.76. The molecule has 0 aliphatic heterocycles. The summed E-state index contributed by atoms with van der Waals surface area (Å²) >= 11 is 5.75. The van der Waals surface area contributed by atoms with Crippen LogP contribution in [-0.2, 0) is 4.79 Å². The summed E-state index contributed by atoms with van der Waals surface area (Å²) < 4.78 is 40.1. The first kappa shape index (κ1) is 13.8. The number of hydrogen-bond acceptors (Lipinski definition) is 2. The maximum absolute atomic E-state index is 12.1. The van der Waals surface area contributed by atoms with E-state index in [1.165, 1.54) is 26.0 Å². The number of rotatable bonds is 3. The first-order chi connectivity index (χ1) is 7.70. The number of carbonyl (C=O) groups is 1. The van der Waals surface area contributed by atoms with Crippen LogP contribution in [0.1, 0.15) is 23.4 Å². The molecule has 0 fully saturated rings. The molecular weight excluding hydrogens is 257 g/mol. The van der Waals surface area contributed by atoms with Gasteiger partial charge in [0.15, 0.2) is 5.78 Å². The second-order valence-corrected chi connectivity index (χ2v) is 3.98. The van der Waals surface area contributed by atoms with Gasteiger partial charge in [-0.3, -0.25) is 4.79 Å². The minimum Gasteiger partial charge on any atom is -0.406 e. The fourth-order valence-electron chi connectivity index (χ4n) is 1.24. The van der Waals surface area contributed by atoms with Crippen molar-refractivity contribution in [3.05, 3.63) is 29.3 Å². The maximum atomic E-state index is 12.1. The number of ketones is 1. The molecular formula is C11H10ClF3O2. The van der Waals surface area contributed by atoms with Crippen LogP contribution in [0, 0.1) is 6.92 Å². The van der Waals surface area contributed by atoms with Crippen molar-refractivity contribution >= 4 is 17.4 Å². The van der Waals surface area contributed by atoms with Crippen LogP contribution in [0.2, 0.25) is 0 Å². The van der Waals surface area contributed by atoms with Crippen LogP contribution in [0.15, 0.2) is 18.2 Å². The zero-order valence-corrected chi connectivity index (χ0v) is 9.89. The van der Waals surface area contributed by atoms with E-state index in [0.717, 1.165) is 6.07 Å². The van der Waals surface area contributed by atoms with Gasteiger partial charge in [-0.05, 0) is 31.0 Å². The van der Waals surface area contributed by atoms with Gasteiger partial charge in [0, 0.05) is 0 Å². The van der Waals surface area contributed by atoms with Gasteiger partial charge in [0.25, 0.3) is 0 Å². The third-order valence-electron chi connectivity index (χ3n) is 2.09. The Morgan fingerprint density at radius 1 is 1.41 bits per heavy atom. The molecule has 1 atom stereocenters. The average Bonchev–Trinajstić information content (AvgIpc) is 2.18. The lowest BCUT2D eigenvalue weighted by atomic mass is 10.1. The molecule has 17 heavy (non-hydrogen) atoms. The van der Waals surface area contributed by atoms with Gasteiger partial charge in [-0.2, -0.15) is 0 Å². The molecule has 0 aliphatic carbocycles. The van der Waals surface area contributed by atoms with Crippen LogP contribution in [0.3, 0.4) is 0 Å². The Labute approximate surface area is 101 Å². The van der Waals surface area contributed by atoms with Crippen molar-refractivity contribution in [2.75, 3.05) is 0 Å². The Bertz CT molecular complexity index is 429. The van der Waals surface area contributed by atoms with Gasteiger partial charge in [-0.25, -0.2) is 0 Å². The lowest BCUT2D eigenvalue weighted by Gasteiger charge is -2.14. The van der Waals surface area contributed by atoms with Crippen molar-refractivity contribution in [1.29, 1.82) is 0 Å². The molecule has 1 rings (SSSR count). The quantitative estimate of drug-likeness (QED) is 0.779. The average molecular weight is 267 g/mol. The van der Waals surface area contributed by atoms with Gasteiger partial charge in [0.2, 0.25) is 0 Å². The van der Waals surface area contributed by atoms with E-state index in [1.54, 1.807) is 0 Å². The largest absolute Gasteiger partial charge is 0.573 e. The topological polar surface area (TPSA) is 26.3 Å². The lowest BCUT2D eigenvalue weighted by Crippen LogP contribution is -2.18. The predicted molar refractivity (Wildman–Crippen MR) is 57.1 cm³/mol. The summed E-state index contributed by atoms with van der Waals surface area (Å²) in [7, 11) is 0. The van der Waals surface area contributed by atoms with E-state index < -0.39 is 11.7 Å². The highest BCUT2D eigenvalue weighted by atomic mass is 35.5. The predicted octanol–water partition coefficient (Wildman–Crippen LogP) is 3.76. The first-order valence-electron chi connectivity index (χ1n) is 4.71. The van der Waals surface area contributed by atoms with E-state index in [9.17, 15) is 18.0 Å². The number of Topliss-reactive ketones (excluding diaryl/α,β-unsaturated/α-hetero) is 1. The van der Waals surface area contributed by atoms with Crippen molar-refractivity contribution in [3.8, 4) is 5.75 Å². The van der Waals surface area contributed by atoms with E-state index in [1.807, 2.05) is 0 Å². The molecule has 0 heterocycles. The van der Waals surface area contributed by atoms with Gasteiger partial charge >= 0.3 is 6.36 Å². The van der Waals surface area contributed by atoms with Crippen LogP contribution < -0.4 is 4.74 Å². The van der Waals surface area contributed by atoms with Crippen LogP contribution in [-0.4, -0.2) is 12.1 Å². The van der Waals surface area contributed by atoms with Crippen molar-refractivity contribution in [2.24, 2.45) is 0 Å². The van der Waals surface area contributed by atoms with Crippen LogP contribution >= 0.6 is 11.6 Å². The van der Waals surface area contributed by atoms with Gasteiger partial charge in [0.05, 0.1) is 0 Å². The summed E-state index contributed by atoms with van der Waals surface area (Å²) in [6, 6.07) is 4.05. The lowest BCUT2D eigenvalue weighted by molar-refractivity contribution is -0.274. The monoisotopic (exact) mass is 266 g/mol. The van der Waals surface area contributed by atoms with Crippen LogP contribution in [0.4, 0.5) is 13.2 Å². The second kappa shape index (κ2) is 4.96. The summed E-state index contributed by atoms with van der Waals surface area (Å²) in [6.45, 7) is 2.74. The van der Waals surface area contributed by atoms with Crippen molar-refractivity contribution in [1.82, 2.24) is 0 Å². The van der Waals surface area contributed by atoms with E-state index in [2.05, 4.69) is 4.74 Å². The van der Waals surface area contributed by atoms with Gasteiger partial charge in [-0.1, -0.05) is 12.1 Å². The molecule has 0 amide bonds. The number of hydrogen-bond donors (Lipinski definition) is 0. The molecule has 0 spiro atoms. The highest BCUT2D eigenvalue weighted by Crippen LogP contribution is 2.31. The summed E-state index contributed by atoms with van der Waals surface area (Å²) in [5.74, 6) is -0.685. The number of halogens is 4. The molecule has 0 aliphatic rings. The van der Waals surface area contributed by atoms with E-state index in [0.29, 0.717) is 5.56 Å². The molecule has 0 saturated heterocycles. The van der Waals surface area contributed by atoms with Crippen LogP contribution in [0.25, 0.3) is 0 Å². The highest BCUT2D eigenvalue weighted by molar-refractivity contribution is 6.30. The fourth-order valence-corrected chi connectivity index (χ4v) is 1.38. The van der Waals surface area contributed by atoms with Crippen molar-refractivity contribution < 1.29 is 22.7 Å². The number of benzene rings is 1. The number of alkyl halides is 4. The molecule has 0 N–H and O–H groups in total. The van der Waals surface area contributed by atoms with Crippen molar-refractivity contribution in [3.63, 3.8) is 0 Å². The third kappa shape index (κ3) is 3.93. The zero-order chi connectivity index (χ0) is 13.2. The Balaban J connectivity index is 3.06. The van der Waals surface area contributed by atoms with Gasteiger partial charge in [-0.15, -0.1) is 24.8 Å². The molecule has 0 bridgehead atoms. The Hall–Kier alpha value is -1.23. The second-order valence-electron chi connectivity index (χ2n) is 3.55. The smallest absolute Gasteiger partial charge is 0.406 e. The highest BCUT2D eigenvalue weighted by Gasteiger charge is 2.32. The van der Waals surface area contributed by atoms with Gasteiger partial charge in [0.1, 0.15) is 11.1 Å². The molecule has 94 valence electrons. The fraction of sp³-hybridized carbons (Fsp3) is 0.364. The molecule has 1 aromatic carbocycles. The summed E-state index contributed by atoms with van der Waals surface area (Å²) in [4.78, 5) is 11.0. The minimum absolute atomic E-state index is 0.281. The summed E-state index contributed by atoms with van der Waals surface area (Å²) in [5.41, 5.74) is 0.600. The molecule has 2 nitrogen and oxygen atoms in total.